The number of nitrogens with zero attached hydrogens (tertiary/aromatic N) is 1. The summed E-state index contributed by atoms with van der Waals surface area (Å²) in [7, 11) is 0. The normalized spacial score (nSPS) is 12.4. The number of aromatic nitrogens is 1. The molecule has 0 amide bonds. The fourth-order valence-electron chi connectivity index (χ4n) is 2.43. The first-order valence-electron chi connectivity index (χ1n) is 7.07. The van der Waals surface area contributed by atoms with Crippen LogP contribution >= 0.6 is 0 Å². The van der Waals surface area contributed by atoms with Gasteiger partial charge in [-0.2, -0.15) is 0 Å². The Hall–Kier alpha value is -2.39. The number of rotatable bonds is 4. The first-order valence-corrected chi connectivity index (χ1v) is 7.07. The van der Waals surface area contributed by atoms with Gasteiger partial charge in [0.1, 0.15) is 5.75 Å². The van der Waals surface area contributed by atoms with Crippen molar-refractivity contribution in [2.24, 2.45) is 0 Å². The highest BCUT2D eigenvalue weighted by Crippen LogP contribution is 2.19. The van der Waals surface area contributed by atoms with Crippen LogP contribution in [0.3, 0.4) is 0 Å². The second-order valence-corrected chi connectivity index (χ2v) is 5.25. The summed E-state index contributed by atoms with van der Waals surface area (Å²) in [5.41, 5.74) is 2.32. The van der Waals surface area contributed by atoms with Gasteiger partial charge in [-0.3, -0.25) is 4.98 Å². The van der Waals surface area contributed by atoms with Crippen LogP contribution in [0.25, 0.3) is 10.8 Å². The van der Waals surface area contributed by atoms with E-state index < -0.39 is 0 Å². The molecule has 2 aromatic carbocycles. The van der Waals surface area contributed by atoms with Crippen LogP contribution in [0.15, 0.2) is 60.9 Å². The third kappa shape index (κ3) is 3.20. The van der Waals surface area contributed by atoms with Crippen LogP contribution in [0.2, 0.25) is 0 Å². The number of hydrogen-bond donors (Lipinski definition) is 2. The molecule has 0 aliphatic heterocycles. The average molecular weight is 278 g/mol. The van der Waals surface area contributed by atoms with Crippen LogP contribution in [0, 0.1) is 0 Å². The van der Waals surface area contributed by atoms with Crippen molar-refractivity contribution in [2.75, 3.05) is 0 Å². The lowest BCUT2D eigenvalue weighted by molar-refractivity contribution is 0.472. The first kappa shape index (κ1) is 13.6. The Morgan fingerprint density at radius 3 is 2.86 bits per heavy atom. The molecular weight excluding hydrogens is 260 g/mol. The van der Waals surface area contributed by atoms with Crippen LogP contribution in [-0.4, -0.2) is 10.1 Å². The molecule has 1 atom stereocenters. The average Bonchev–Trinajstić information content (AvgIpc) is 2.52. The van der Waals surface area contributed by atoms with E-state index in [1.165, 1.54) is 10.9 Å². The van der Waals surface area contributed by atoms with Crippen molar-refractivity contribution in [2.45, 2.75) is 19.5 Å². The zero-order chi connectivity index (χ0) is 14.7. The summed E-state index contributed by atoms with van der Waals surface area (Å²) in [4.78, 5) is 4.13. The van der Waals surface area contributed by atoms with E-state index in [4.69, 9.17) is 0 Å². The maximum atomic E-state index is 9.53. The number of phenols is 1. The lowest BCUT2D eigenvalue weighted by Gasteiger charge is -2.15. The van der Waals surface area contributed by atoms with E-state index in [0.29, 0.717) is 5.75 Å². The predicted octanol–water partition coefficient (Wildman–Crippen LogP) is 3.79. The minimum Gasteiger partial charge on any atom is -0.508 e. The molecule has 21 heavy (non-hydrogen) atoms. The number of fused-ring (bicyclic) bond motifs is 1. The predicted molar refractivity (Wildman–Crippen MR) is 85.1 cm³/mol. The van der Waals surface area contributed by atoms with E-state index in [2.05, 4.69) is 35.4 Å². The van der Waals surface area contributed by atoms with Crippen LogP contribution in [0.5, 0.6) is 5.75 Å². The van der Waals surface area contributed by atoms with E-state index in [9.17, 15) is 5.11 Å². The molecule has 3 nitrogen and oxygen atoms in total. The number of phenolic OH excluding ortho intramolecular Hbond substituents is 1. The topological polar surface area (TPSA) is 45.2 Å². The molecule has 0 bridgehead atoms. The largest absolute Gasteiger partial charge is 0.508 e. The molecule has 1 unspecified atom stereocenters. The van der Waals surface area contributed by atoms with Gasteiger partial charge in [0.05, 0.1) is 0 Å². The van der Waals surface area contributed by atoms with Gasteiger partial charge in [0.2, 0.25) is 0 Å². The molecule has 1 aromatic heterocycles. The highest BCUT2D eigenvalue weighted by Gasteiger charge is 2.05. The summed E-state index contributed by atoms with van der Waals surface area (Å²) in [6, 6.07) is 16.0. The van der Waals surface area contributed by atoms with E-state index >= 15 is 0 Å². The number of hydrogen-bond acceptors (Lipinski definition) is 3. The van der Waals surface area contributed by atoms with Gasteiger partial charge in [-0.1, -0.05) is 24.3 Å². The summed E-state index contributed by atoms with van der Waals surface area (Å²) in [5.74, 6) is 0.305. The summed E-state index contributed by atoms with van der Waals surface area (Å²) >= 11 is 0. The van der Waals surface area contributed by atoms with Crippen molar-refractivity contribution in [3.8, 4) is 5.75 Å². The Balaban J connectivity index is 1.71. The van der Waals surface area contributed by atoms with E-state index in [-0.39, 0.29) is 6.04 Å². The molecule has 3 aromatic rings. The molecule has 0 fully saturated rings. The van der Waals surface area contributed by atoms with Crippen molar-refractivity contribution >= 4 is 10.8 Å². The van der Waals surface area contributed by atoms with Gasteiger partial charge < -0.3 is 10.4 Å². The molecule has 0 saturated heterocycles. The lowest BCUT2D eigenvalue weighted by Crippen LogP contribution is -2.17. The van der Waals surface area contributed by atoms with Crippen molar-refractivity contribution in [3.05, 3.63) is 72.1 Å². The second kappa shape index (κ2) is 5.94. The van der Waals surface area contributed by atoms with Crippen molar-refractivity contribution in [1.82, 2.24) is 10.3 Å². The van der Waals surface area contributed by atoms with Gasteiger partial charge in [-0.05, 0) is 47.7 Å². The summed E-state index contributed by atoms with van der Waals surface area (Å²) < 4.78 is 0. The third-order valence-electron chi connectivity index (χ3n) is 3.69. The third-order valence-corrected chi connectivity index (χ3v) is 3.69. The van der Waals surface area contributed by atoms with Gasteiger partial charge in [-0.15, -0.1) is 0 Å². The SMILES string of the molecule is CC(NCc1ccc2cnccc2c1)c1cccc(O)c1. The second-order valence-electron chi connectivity index (χ2n) is 5.25. The summed E-state index contributed by atoms with van der Waals surface area (Å²) in [5, 5.41) is 15.4. The van der Waals surface area contributed by atoms with Crippen molar-refractivity contribution < 1.29 is 5.11 Å². The molecule has 3 heteroatoms. The Kier molecular flexibility index (Phi) is 3.84. The van der Waals surface area contributed by atoms with Gasteiger partial charge in [-0.25, -0.2) is 0 Å². The molecular formula is C18H18N2O. The zero-order valence-electron chi connectivity index (χ0n) is 12.0. The Morgan fingerprint density at radius 1 is 1.10 bits per heavy atom. The molecule has 2 N–H and O–H groups in total. The number of benzene rings is 2. The highest BCUT2D eigenvalue weighted by molar-refractivity contribution is 5.81. The standard InChI is InChI=1S/C18H18N2O/c1-13(15-3-2-4-18(21)10-15)20-11-14-5-6-17-12-19-8-7-16(17)9-14/h2-10,12-13,20-21H,11H2,1H3. The fourth-order valence-corrected chi connectivity index (χ4v) is 2.43. The molecule has 0 spiro atoms. The fraction of sp³-hybridized carbons (Fsp3) is 0.167. The van der Waals surface area contributed by atoms with E-state index in [1.54, 1.807) is 12.1 Å². The monoisotopic (exact) mass is 278 g/mol. The zero-order valence-corrected chi connectivity index (χ0v) is 12.0. The number of aromatic hydroxyl groups is 1. The quantitative estimate of drug-likeness (QED) is 0.763. The minimum absolute atomic E-state index is 0.185. The maximum Gasteiger partial charge on any atom is 0.115 e. The molecule has 1 heterocycles. The minimum atomic E-state index is 0.185. The van der Waals surface area contributed by atoms with Gasteiger partial charge in [0.15, 0.2) is 0 Å². The first-order chi connectivity index (χ1) is 10.2. The molecule has 106 valence electrons. The van der Waals surface area contributed by atoms with Crippen LogP contribution < -0.4 is 5.32 Å². The smallest absolute Gasteiger partial charge is 0.115 e. The van der Waals surface area contributed by atoms with E-state index in [1.807, 2.05) is 30.6 Å². The molecule has 3 rings (SSSR count). The Morgan fingerprint density at radius 2 is 2.00 bits per heavy atom. The Labute approximate surface area is 124 Å². The number of nitrogens with one attached hydrogen (secondary N) is 1. The van der Waals surface area contributed by atoms with E-state index in [0.717, 1.165) is 17.5 Å². The number of pyridine rings is 1. The molecule has 0 aliphatic carbocycles. The van der Waals surface area contributed by atoms with Crippen LogP contribution in [-0.2, 0) is 6.54 Å². The molecule has 0 radical (unpaired) electrons. The van der Waals surface area contributed by atoms with Crippen LogP contribution in [0.4, 0.5) is 0 Å². The van der Waals surface area contributed by atoms with Gasteiger partial charge in [0.25, 0.3) is 0 Å². The highest BCUT2D eigenvalue weighted by atomic mass is 16.3. The van der Waals surface area contributed by atoms with Crippen molar-refractivity contribution in [3.63, 3.8) is 0 Å². The lowest BCUT2D eigenvalue weighted by atomic mass is 10.1. The van der Waals surface area contributed by atoms with Crippen molar-refractivity contribution in [1.29, 1.82) is 0 Å². The molecule has 0 saturated carbocycles. The van der Waals surface area contributed by atoms with Gasteiger partial charge in [0, 0.05) is 30.4 Å². The Bertz CT molecular complexity index is 755. The van der Waals surface area contributed by atoms with Gasteiger partial charge >= 0.3 is 0 Å². The molecule has 0 aliphatic rings. The van der Waals surface area contributed by atoms with Crippen LogP contribution in [0.1, 0.15) is 24.1 Å². The summed E-state index contributed by atoms with van der Waals surface area (Å²) in [6.07, 6.45) is 3.69. The summed E-state index contributed by atoms with van der Waals surface area (Å²) in [6.45, 7) is 2.88. The maximum absolute atomic E-state index is 9.53.